The molecule has 0 radical (unpaired) electrons. The molecule has 5 nitrogen and oxygen atoms in total. The Kier molecular flexibility index (Phi) is 3.52. The molecule has 1 amide bonds. The Morgan fingerprint density at radius 1 is 1.35 bits per heavy atom. The fourth-order valence-electron chi connectivity index (χ4n) is 2.33. The molecule has 0 spiro atoms. The van der Waals surface area contributed by atoms with E-state index in [0.29, 0.717) is 31.2 Å². The molecule has 20 heavy (non-hydrogen) atoms. The van der Waals surface area contributed by atoms with Crippen LogP contribution < -0.4 is 0 Å². The van der Waals surface area contributed by atoms with Gasteiger partial charge in [0.15, 0.2) is 5.69 Å². The molecule has 1 fully saturated rings. The van der Waals surface area contributed by atoms with Gasteiger partial charge in [0, 0.05) is 12.6 Å². The highest BCUT2D eigenvalue weighted by Crippen LogP contribution is 2.22. The molecular formula is C15H16N2O3. The molecule has 0 aliphatic carbocycles. The van der Waals surface area contributed by atoms with Crippen LogP contribution in [0.15, 0.2) is 40.9 Å². The van der Waals surface area contributed by atoms with E-state index in [4.69, 9.17) is 9.26 Å². The Labute approximate surface area is 117 Å². The molecule has 2 aromatic rings. The van der Waals surface area contributed by atoms with E-state index in [1.807, 2.05) is 30.3 Å². The van der Waals surface area contributed by atoms with Crippen molar-refractivity contribution in [3.8, 4) is 0 Å². The molecule has 1 aromatic heterocycles. The number of ether oxygens (including phenoxy) is 1. The summed E-state index contributed by atoms with van der Waals surface area (Å²) in [6.45, 7) is 3.42. The summed E-state index contributed by atoms with van der Waals surface area (Å²) in [7, 11) is 0. The molecule has 1 aliphatic rings. The van der Waals surface area contributed by atoms with Crippen molar-refractivity contribution in [3.05, 3.63) is 53.4 Å². The van der Waals surface area contributed by atoms with Gasteiger partial charge in [0.05, 0.1) is 13.2 Å². The first kappa shape index (κ1) is 12.9. The average Bonchev–Trinajstić information content (AvgIpc) is 2.94. The number of aryl methyl sites for hydroxylation is 1. The van der Waals surface area contributed by atoms with Crippen LogP contribution in [0.5, 0.6) is 0 Å². The molecule has 2 heterocycles. The lowest BCUT2D eigenvalue weighted by atomic mass is 10.1. The van der Waals surface area contributed by atoms with Crippen LogP contribution in [-0.4, -0.2) is 35.7 Å². The minimum atomic E-state index is -0.105. The standard InChI is InChI=1S/C15H16N2O3/c1-11-9-13(16-20-11)15(18)17-7-8-19-14(10-17)12-5-3-2-4-6-12/h2-6,9,14H,7-8,10H2,1H3. The van der Waals surface area contributed by atoms with Gasteiger partial charge in [-0.1, -0.05) is 35.5 Å². The Hall–Kier alpha value is -2.14. The molecule has 0 saturated carbocycles. The van der Waals surface area contributed by atoms with Crippen molar-refractivity contribution in [2.24, 2.45) is 0 Å². The van der Waals surface area contributed by atoms with Gasteiger partial charge in [0.2, 0.25) is 0 Å². The number of amides is 1. The van der Waals surface area contributed by atoms with Crippen molar-refractivity contribution in [2.45, 2.75) is 13.0 Å². The smallest absolute Gasteiger partial charge is 0.276 e. The highest BCUT2D eigenvalue weighted by atomic mass is 16.5. The third kappa shape index (κ3) is 2.58. The maximum absolute atomic E-state index is 12.3. The minimum absolute atomic E-state index is 0.0816. The highest BCUT2D eigenvalue weighted by Gasteiger charge is 2.27. The number of aromatic nitrogens is 1. The van der Waals surface area contributed by atoms with Crippen LogP contribution in [0.25, 0.3) is 0 Å². The van der Waals surface area contributed by atoms with Gasteiger partial charge in [0.25, 0.3) is 5.91 Å². The van der Waals surface area contributed by atoms with Gasteiger partial charge in [-0.05, 0) is 12.5 Å². The van der Waals surface area contributed by atoms with E-state index < -0.39 is 0 Å². The van der Waals surface area contributed by atoms with Crippen LogP contribution in [-0.2, 0) is 4.74 Å². The molecule has 3 rings (SSSR count). The molecule has 1 aromatic carbocycles. The van der Waals surface area contributed by atoms with Gasteiger partial charge in [-0.15, -0.1) is 0 Å². The van der Waals surface area contributed by atoms with E-state index in [0.717, 1.165) is 5.56 Å². The number of hydrogen-bond donors (Lipinski definition) is 0. The molecule has 0 N–H and O–H groups in total. The van der Waals surface area contributed by atoms with Gasteiger partial charge >= 0.3 is 0 Å². The minimum Gasteiger partial charge on any atom is -0.370 e. The summed E-state index contributed by atoms with van der Waals surface area (Å²) in [6, 6.07) is 11.6. The van der Waals surface area contributed by atoms with E-state index in [2.05, 4.69) is 5.16 Å². The van der Waals surface area contributed by atoms with Crippen molar-refractivity contribution in [2.75, 3.05) is 19.7 Å². The first-order chi connectivity index (χ1) is 9.74. The summed E-state index contributed by atoms with van der Waals surface area (Å²) in [5, 5.41) is 3.78. The molecule has 0 bridgehead atoms. The zero-order chi connectivity index (χ0) is 13.9. The summed E-state index contributed by atoms with van der Waals surface area (Å²) < 4.78 is 10.7. The fraction of sp³-hybridized carbons (Fsp3) is 0.333. The van der Waals surface area contributed by atoms with Crippen molar-refractivity contribution in [1.29, 1.82) is 0 Å². The van der Waals surface area contributed by atoms with Crippen molar-refractivity contribution < 1.29 is 14.1 Å². The second-order valence-electron chi connectivity index (χ2n) is 4.84. The van der Waals surface area contributed by atoms with E-state index in [-0.39, 0.29) is 12.0 Å². The summed E-state index contributed by atoms with van der Waals surface area (Å²) in [5.41, 5.74) is 1.44. The lowest BCUT2D eigenvalue weighted by Gasteiger charge is -2.32. The van der Waals surface area contributed by atoms with Crippen LogP contribution in [0.4, 0.5) is 0 Å². The maximum atomic E-state index is 12.3. The zero-order valence-corrected chi connectivity index (χ0v) is 11.3. The van der Waals surface area contributed by atoms with Gasteiger partial charge in [0.1, 0.15) is 11.9 Å². The third-order valence-corrected chi connectivity index (χ3v) is 3.37. The predicted molar refractivity (Wildman–Crippen MR) is 72.3 cm³/mol. The number of benzene rings is 1. The van der Waals surface area contributed by atoms with Crippen LogP contribution in [0.1, 0.15) is 27.9 Å². The molecule has 1 atom stereocenters. The SMILES string of the molecule is Cc1cc(C(=O)N2CCOC(c3ccccc3)C2)no1. The summed E-state index contributed by atoms with van der Waals surface area (Å²) in [6.07, 6.45) is -0.0816. The van der Waals surface area contributed by atoms with E-state index in [9.17, 15) is 4.79 Å². The number of morpholine rings is 1. The Morgan fingerprint density at radius 3 is 2.85 bits per heavy atom. The zero-order valence-electron chi connectivity index (χ0n) is 11.3. The predicted octanol–water partition coefficient (Wildman–Crippen LogP) is 2.20. The number of carbonyl (C=O) groups excluding carboxylic acids is 1. The largest absolute Gasteiger partial charge is 0.370 e. The number of nitrogens with zero attached hydrogens (tertiary/aromatic N) is 2. The first-order valence-electron chi connectivity index (χ1n) is 6.63. The van der Waals surface area contributed by atoms with E-state index in [1.165, 1.54) is 0 Å². The number of hydrogen-bond acceptors (Lipinski definition) is 4. The van der Waals surface area contributed by atoms with Gasteiger partial charge in [-0.3, -0.25) is 4.79 Å². The molecule has 1 aliphatic heterocycles. The van der Waals surface area contributed by atoms with Gasteiger partial charge < -0.3 is 14.2 Å². The third-order valence-electron chi connectivity index (χ3n) is 3.37. The average molecular weight is 272 g/mol. The summed E-state index contributed by atoms with van der Waals surface area (Å²) >= 11 is 0. The Morgan fingerprint density at radius 2 is 2.15 bits per heavy atom. The Bertz CT molecular complexity index is 594. The molecular weight excluding hydrogens is 256 g/mol. The van der Waals surface area contributed by atoms with Crippen molar-refractivity contribution >= 4 is 5.91 Å². The Balaban J connectivity index is 1.74. The van der Waals surface area contributed by atoms with Crippen molar-refractivity contribution in [1.82, 2.24) is 10.1 Å². The summed E-state index contributed by atoms with van der Waals surface area (Å²) in [4.78, 5) is 14.1. The molecule has 1 saturated heterocycles. The lowest BCUT2D eigenvalue weighted by molar-refractivity contribution is -0.0231. The normalized spacial score (nSPS) is 19.1. The monoisotopic (exact) mass is 272 g/mol. The fourth-order valence-corrected chi connectivity index (χ4v) is 2.33. The molecule has 1 unspecified atom stereocenters. The highest BCUT2D eigenvalue weighted by molar-refractivity contribution is 5.92. The van der Waals surface area contributed by atoms with Crippen LogP contribution >= 0.6 is 0 Å². The summed E-state index contributed by atoms with van der Waals surface area (Å²) in [5.74, 6) is 0.535. The van der Waals surface area contributed by atoms with Gasteiger partial charge in [-0.25, -0.2) is 0 Å². The first-order valence-corrected chi connectivity index (χ1v) is 6.63. The van der Waals surface area contributed by atoms with Crippen molar-refractivity contribution in [3.63, 3.8) is 0 Å². The topological polar surface area (TPSA) is 55.6 Å². The van der Waals surface area contributed by atoms with Gasteiger partial charge in [-0.2, -0.15) is 0 Å². The van der Waals surface area contributed by atoms with Crippen LogP contribution in [0.2, 0.25) is 0 Å². The molecule has 5 heteroatoms. The second-order valence-corrected chi connectivity index (χ2v) is 4.84. The number of rotatable bonds is 2. The van der Waals surface area contributed by atoms with E-state index >= 15 is 0 Å². The number of carbonyl (C=O) groups is 1. The second kappa shape index (κ2) is 5.46. The molecule has 104 valence electrons. The quantitative estimate of drug-likeness (QED) is 0.841. The van der Waals surface area contributed by atoms with Crippen LogP contribution in [0.3, 0.4) is 0 Å². The lowest BCUT2D eigenvalue weighted by Crippen LogP contribution is -2.42. The van der Waals surface area contributed by atoms with E-state index in [1.54, 1.807) is 17.9 Å². The maximum Gasteiger partial charge on any atom is 0.276 e. The van der Waals surface area contributed by atoms with Crippen LogP contribution in [0, 0.1) is 6.92 Å².